The van der Waals surface area contributed by atoms with Crippen molar-refractivity contribution in [3.05, 3.63) is 95.5 Å². The first kappa shape index (κ1) is 15.9. The molecule has 3 heteroatoms. The van der Waals surface area contributed by atoms with Crippen molar-refractivity contribution in [2.75, 3.05) is 5.73 Å². The van der Waals surface area contributed by atoms with Gasteiger partial charge in [-0.15, -0.1) is 0 Å². The van der Waals surface area contributed by atoms with Crippen LogP contribution in [0.4, 0.5) is 5.69 Å². The summed E-state index contributed by atoms with van der Waals surface area (Å²) < 4.78 is 1.37. The molecule has 1 nitrogen and oxygen atoms in total. The molecule has 0 heterocycles. The molecule has 0 bridgehead atoms. The van der Waals surface area contributed by atoms with E-state index in [1.165, 1.54) is 19.8 Å². The quantitative estimate of drug-likeness (QED) is 0.402. The molecule has 0 amide bonds. The second kappa shape index (κ2) is 8.07. The van der Waals surface area contributed by atoms with E-state index in [-0.39, 0.29) is 0 Å². The number of nitrogens with two attached hydrogens (primary N) is 1. The van der Waals surface area contributed by atoms with Gasteiger partial charge in [-0.2, -0.15) is 0 Å². The molecule has 3 aromatic rings. The molecule has 114 valence electrons. The monoisotopic (exact) mass is 383 g/mol. The summed E-state index contributed by atoms with van der Waals surface area (Å²) in [7, 11) is 0. The number of rotatable bonds is 5. The topological polar surface area (TPSA) is 26.0 Å². The Morgan fingerprint density at radius 3 is 2.22 bits per heavy atom. The van der Waals surface area contributed by atoms with Crippen LogP contribution in [-0.2, 0) is 0 Å². The zero-order valence-electron chi connectivity index (χ0n) is 12.6. The second-order valence-corrected chi connectivity index (χ2v) is 8.05. The fraction of sp³-hybridized carbons (Fsp3) is 0. The zero-order valence-corrected chi connectivity index (χ0v) is 15.1. The Hall–Kier alpha value is -1.93. The van der Waals surface area contributed by atoms with Crippen LogP contribution in [0.3, 0.4) is 0 Å². The Morgan fingerprint density at radius 2 is 1.52 bits per heavy atom. The molecule has 3 rings (SSSR count). The van der Waals surface area contributed by atoms with Crippen LogP contribution < -0.4 is 10.2 Å². The standard InChI is InChI=1S/C20H17NSSe/c21-17-9-7-8-16(14-17)20(22-18-10-3-1-4-11-18)15-23-19-12-5-2-6-13-19/h1-15H,21H2/b20-15-. The molecule has 0 atom stereocenters. The number of nitrogen functional groups attached to an aromatic ring is 1. The zero-order chi connectivity index (χ0) is 15.9. The summed E-state index contributed by atoms with van der Waals surface area (Å²) in [6.07, 6.45) is 0. The predicted octanol–water partition coefficient (Wildman–Crippen LogP) is 4.39. The average Bonchev–Trinajstić information content (AvgIpc) is 2.60. The van der Waals surface area contributed by atoms with E-state index in [4.69, 9.17) is 5.73 Å². The van der Waals surface area contributed by atoms with Gasteiger partial charge in [-0.05, 0) is 0 Å². The van der Waals surface area contributed by atoms with Gasteiger partial charge in [-0.25, -0.2) is 0 Å². The van der Waals surface area contributed by atoms with E-state index in [9.17, 15) is 0 Å². The van der Waals surface area contributed by atoms with Crippen LogP contribution in [0.2, 0.25) is 0 Å². The van der Waals surface area contributed by atoms with Crippen LogP contribution in [0.5, 0.6) is 0 Å². The molecule has 0 aliphatic heterocycles. The molecular formula is C20H17NSSe. The summed E-state index contributed by atoms with van der Waals surface area (Å²) >= 11 is 2.09. The molecule has 2 N–H and O–H groups in total. The third kappa shape index (κ3) is 4.77. The number of benzene rings is 3. The summed E-state index contributed by atoms with van der Waals surface area (Å²) in [6, 6.07) is 29.2. The van der Waals surface area contributed by atoms with Gasteiger partial charge in [0.05, 0.1) is 0 Å². The van der Waals surface area contributed by atoms with E-state index in [2.05, 4.69) is 65.6 Å². The molecule has 0 aliphatic carbocycles. The van der Waals surface area contributed by atoms with Crippen molar-refractivity contribution < 1.29 is 0 Å². The average molecular weight is 382 g/mol. The van der Waals surface area contributed by atoms with Gasteiger partial charge in [0, 0.05) is 0 Å². The third-order valence-corrected chi connectivity index (χ3v) is 6.49. The Labute approximate surface area is 147 Å². The summed E-state index contributed by atoms with van der Waals surface area (Å²) in [6.45, 7) is 0. The van der Waals surface area contributed by atoms with Crippen molar-refractivity contribution in [2.24, 2.45) is 0 Å². The van der Waals surface area contributed by atoms with Crippen molar-refractivity contribution in [1.82, 2.24) is 0 Å². The molecule has 0 unspecified atom stereocenters. The molecule has 0 fully saturated rings. The number of thioether (sulfide) groups is 1. The Bertz CT molecular complexity index is 785. The fourth-order valence-corrected chi connectivity index (χ4v) is 4.93. The number of hydrogen-bond donors (Lipinski definition) is 1. The molecule has 0 aliphatic rings. The van der Waals surface area contributed by atoms with E-state index in [1.807, 2.05) is 24.3 Å². The van der Waals surface area contributed by atoms with Gasteiger partial charge in [0.25, 0.3) is 0 Å². The van der Waals surface area contributed by atoms with E-state index in [0.29, 0.717) is 15.0 Å². The minimum absolute atomic E-state index is 0.295. The van der Waals surface area contributed by atoms with Gasteiger partial charge in [-0.1, -0.05) is 0 Å². The molecule has 3 aromatic carbocycles. The van der Waals surface area contributed by atoms with Crippen molar-refractivity contribution in [3.63, 3.8) is 0 Å². The van der Waals surface area contributed by atoms with Crippen LogP contribution >= 0.6 is 11.8 Å². The summed E-state index contributed by atoms with van der Waals surface area (Å²) in [4.78, 5) is 4.84. The molecule has 0 radical (unpaired) electrons. The SMILES string of the molecule is Nc1cccc(/C(=C/[Se]c2ccccc2)Sc2ccccc2)c1. The van der Waals surface area contributed by atoms with Gasteiger partial charge in [0.1, 0.15) is 0 Å². The van der Waals surface area contributed by atoms with Crippen molar-refractivity contribution in [3.8, 4) is 0 Å². The van der Waals surface area contributed by atoms with Crippen LogP contribution in [0.15, 0.2) is 94.8 Å². The van der Waals surface area contributed by atoms with Crippen molar-refractivity contribution >= 4 is 41.8 Å². The first-order valence-electron chi connectivity index (χ1n) is 7.32. The van der Waals surface area contributed by atoms with Gasteiger partial charge in [-0.3, -0.25) is 0 Å². The van der Waals surface area contributed by atoms with E-state index in [0.717, 1.165) is 5.69 Å². The van der Waals surface area contributed by atoms with E-state index < -0.39 is 0 Å². The number of hydrogen-bond acceptors (Lipinski definition) is 2. The molecule has 0 saturated carbocycles. The van der Waals surface area contributed by atoms with Gasteiger partial charge < -0.3 is 0 Å². The first-order valence-corrected chi connectivity index (χ1v) is 9.98. The second-order valence-electron chi connectivity index (χ2n) is 4.95. The van der Waals surface area contributed by atoms with Crippen LogP contribution in [-0.4, -0.2) is 15.0 Å². The number of anilines is 1. The molecule has 0 spiro atoms. The summed E-state index contributed by atoms with van der Waals surface area (Å²) in [5, 5.41) is 0. The van der Waals surface area contributed by atoms with Gasteiger partial charge in [0.2, 0.25) is 0 Å². The van der Waals surface area contributed by atoms with Crippen LogP contribution in [0.25, 0.3) is 4.91 Å². The van der Waals surface area contributed by atoms with Gasteiger partial charge in [0.15, 0.2) is 0 Å². The summed E-state index contributed by atoms with van der Waals surface area (Å²) in [5.74, 6) is 0. The van der Waals surface area contributed by atoms with Crippen LogP contribution in [0, 0.1) is 0 Å². The first-order chi connectivity index (χ1) is 11.3. The Balaban J connectivity index is 1.89. The maximum absolute atomic E-state index is 5.97. The van der Waals surface area contributed by atoms with Crippen LogP contribution in [0.1, 0.15) is 5.56 Å². The Kier molecular flexibility index (Phi) is 5.60. The van der Waals surface area contributed by atoms with Crippen molar-refractivity contribution in [2.45, 2.75) is 4.90 Å². The third-order valence-electron chi connectivity index (χ3n) is 3.19. The molecule has 23 heavy (non-hydrogen) atoms. The predicted molar refractivity (Wildman–Crippen MR) is 103 cm³/mol. The summed E-state index contributed by atoms with van der Waals surface area (Å²) in [5.41, 5.74) is 7.94. The van der Waals surface area contributed by atoms with Gasteiger partial charge >= 0.3 is 148 Å². The molecule has 0 aromatic heterocycles. The van der Waals surface area contributed by atoms with Crippen molar-refractivity contribution in [1.29, 1.82) is 0 Å². The van der Waals surface area contributed by atoms with E-state index >= 15 is 0 Å². The molecule has 0 saturated heterocycles. The van der Waals surface area contributed by atoms with E-state index in [1.54, 1.807) is 11.8 Å². The molecular weight excluding hydrogens is 365 g/mol. The maximum atomic E-state index is 5.97. The normalized spacial score (nSPS) is 11.4. The fourth-order valence-electron chi connectivity index (χ4n) is 2.08. The Morgan fingerprint density at radius 1 is 0.826 bits per heavy atom. The minimum atomic E-state index is 0.295.